The van der Waals surface area contributed by atoms with Gasteiger partial charge in [0.1, 0.15) is 5.76 Å². The molecule has 1 amide bonds. The van der Waals surface area contributed by atoms with Gasteiger partial charge in [0.25, 0.3) is 0 Å². The zero-order valence-corrected chi connectivity index (χ0v) is 13.9. The molecule has 0 saturated heterocycles. The van der Waals surface area contributed by atoms with Crippen molar-refractivity contribution in [3.63, 3.8) is 0 Å². The third-order valence-corrected chi connectivity index (χ3v) is 5.20. The van der Waals surface area contributed by atoms with E-state index >= 15 is 0 Å². The molecule has 2 aromatic rings. The van der Waals surface area contributed by atoms with Gasteiger partial charge in [0.2, 0.25) is 5.91 Å². The summed E-state index contributed by atoms with van der Waals surface area (Å²) < 4.78 is 5.38. The smallest absolute Gasteiger partial charge is 0.223 e. The lowest BCUT2D eigenvalue weighted by Gasteiger charge is -2.28. The van der Waals surface area contributed by atoms with Crippen molar-refractivity contribution in [1.82, 2.24) is 10.2 Å². The molecular formula is C20H24N2O2. The first-order valence-corrected chi connectivity index (χ1v) is 8.91. The number of carbonyl (C=O) groups excluding carboxylic acids is 1. The standard InChI is InChI=1S/C20H24N2O2/c23-20(18-13-17(18)19-7-3-12-24-19)21-9-4-10-22-11-8-15-5-1-2-6-16(15)14-22/h1-3,5-7,12,17-18H,4,8-11,13-14H2,(H,21,23). The Kier molecular flexibility index (Phi) is 4.39. The first-order valence-electron chi connectivity index (χ1n) is 8.91. The van der Waals surface area contributed by atoms with Crippen molar-refractivity contribution in [3.05, 3.63) is 59.5 Å². The van der Waals surface area contributed by atoms with Crippen LogP contribution >= 0.6 is 0 Å². The number of fused-ring (bicyclic) bond motifs is 1. The number of furan rings is 1. The number of benzene rings is 1. The monoisotopic (exact) mass is 324 g/mol. The van der Waals surface area contributed by atoms with Gasteiger partial charge in [-0.1, -0.05) is 24.3 Å². The Labute approximate surface area is 142 Å². The molecule has 1 aromatic carbocycles. The van der Waals surface area contributed by atoms with Crippen molar-refractivity contribution in [3.8, 4) is 0 Å². The molecule has 1 saturated carbocycles. The Balaban J connectivity index is 1.16. The average Bonchev–Trinajstić information content (AvgIpc) is 3.23. The summed E-state index contributed by atoms with van der Waals surface area (Å²) in [4.78, 5) is 14.6. The van der Waals surface area contributed by atoms with E-state index in [4.69, 9.17) is 4.42 Å². The Morgan fingerprint density at radius 1 is 1.21 bits per heavy atom. The molecule has 1 aliphatic heterocycles. The van der Waals surface area contributed by atoms with Gasteiger partial charge < -0.3 is 9.73 Å². The van der Waals surface area contributed by atoms with Crippen LogP contribution in [-0.4, -0.2) is 30.4 Å². The summed E-state index contributed by atoms with van der Waals surface area (Å²) in [7, 11) is 0. The minimum absolute atomic E-state index is 0.109. The molecule has 1 aromatic heterocycles. The van der Waals surface area contributed by atoms with E-state index in [2.05, 4.69) is 34.5 Å². The minimum Gasteiger partial charge on any atom is -0.469 e. The Morgan fingerprint density at radius 3 is 2.92 bits per heavy atom. The van der Waals surface area contributed by atoms with Gasteiger partial charge in [-0.05, 0) is 42.5 Å². The second-order valence-electron chi connectivity index (χ2n) is 6.90. The summed E-state index contributed by atoms with van der Waals surface area (Å²) in [6.45, 7) is 3.96. The van der Waals surface area contributed by atoms with E-state index in [0.29, 0.717) is 5.92 Å². The molecule has 0 spiro atoms. The van der Waals surface area contributed by atoms with Gasteiger partial charge in [0.15, 0.2) is 0 Å². The fraction of sp³-hybridized carbons (Fsp3) is 0.450. The van der Waals surface area contributed by atoms with Gasteiger partial charge in [0, 0.05) is 38.0 Å². The molecule has 4 nitrogen and oxygen atoms in total. The van der Waals surface area contributed by atoms with E-state index in [1.54, 1.807) is 6.26 Å². The van der Waals surface area contributed by atoms with Crippen LogP contribution in [0.1, 0.15) is 35.6 Å². The van der Waals surface area contributed by atoms with E-state index in [1.807, 2.05) is 12.1 Å². The fourth-order valence-corrected chi connectivity index (χ4v) is 3.69. The van der Waals surface area contributed by atoms with Gasteiger partial charge in [-0.3, -0.25) is 9.69 Å². The maximum absolute atomic E-state index is 12.2. The highest BCUT2D eigenvalue weighted by molar-refractivity contribution is 5.82. The van der Waals surface area contributed by atoms with Crippen LogP contribution in [0.5, 0.6) is 0 Å². The lowest BCUT2D eigenvalue weighted by atomic mass is 10.00. The predicted molar refractivity (Wildman–Crippen MR) is 92.6 cm³/mol. The lowest BCUT2D eigenvalue weighted by molar-refractivity contribution is -0.122. The molecule has 2 unspecified atom stereocenters. The normalized spacial score (nSPS) is 22.8. The number of hydrogen-bond acceptors (Lipinski definition) is 3. The highest BCUT2D eigenvalue weighted by Gasteiger charge is 2.45. The van der Waals surface area contributed by atoms with Crippen LogP contribution in [-0.2, 0) is 17.8 Å². The van der Waals surface area contributed by atoms with Crippen molar-refractivity contribution < 1.29 is 9.21 Å². The number of amides is 1. The molecule has 2 atom stereocenters. The average molecular weight is 324 g/mol. The second-order valence-corrected chi connectivity index (χ2v) is 6.90. The van der Waals surface area contributed by atoms with Crippen LogP contribution < -0.4 is 5.32 Å². The lowest BCUT2D eigenvalue weighted by Crippen LogP contribution is -2.34. The first kappa shape index (κ1) is 15.5. The van der Waals surface area contributed by atoms with Crippen LogP contribution in [0.4, 0.5) is 0 Å². The van der Waals surface area contributed by atoms with Crippen LogP contribution in [0, 0.1) is 5.92 Å². The maximum atomic E-state index is 12.2. The largest absolute Gasteiger partial charge is 0.469 e. The molecule has 0 bridgehead atoms. The van der Waals surface area contributed by atoms with Crippen LogP contribution in [0.3, 0.4) is 0 Å². The fourth-order valence-electron chi connectivity index (χ4n) is 3.69. The van der Waals surface area contributed by atoms with Gasteiger partial charge in [-0.2, -0.15) is 0 Å². The molecule has 1 N–H and O–H groups in total. The predicted octanol–water partition coefficient (Wildman–Crippen LogP) is 2.95. The molecule has 1 fully saturated rings. The summed E-state index contributed by atoms with van der Waals surface area (Å²) in [5.74, 6) is 1.53. The van der Waals surface area contributed by atoms with Gasteiger partial charge in [-0.25, -0.2) is 0 Å². The van der Waals surface area contributed by atoms with Gasteiger partial charge in [0.05, 0.1) is 6.26 Å². The van der Waals surface area contributed by atoms with E-state index < -0.39 is 0 Å². The quantitative estimate of drug-likeness (QED) is 0.831. The Morgan fingerprint density at radius 2 is 2.08 bits per heavy atom. The van der Waals surface area contributed by atoms with Crippen molar-refractivity contribution in [2.24, 2.45) is 5.92 Å². The molecule has 24 heavy (non-hydrogen) atoms. The highest BCUT2D eigenvalue weighted by atomic mass is 16.3. The highest BCUT2D eigenvalue weighted by Crippen LogP contribution is 2.47. The van der Waals surface area contributed by atoms with Crippen molar-refractivity contribution >= 4 is 5.91 Å². The second kappa shape index (κ2) is 6.81. The summed E-state index contributed by atoms with van der Waals surface area (Å²) in [5, 5.41) is 3.09. The Hall–Kier alpha value is -2.07. The summed E-state index contributed by atoms with van der Waals surface area (Å²) >= 11 is 0. The SMILES string of the molecule is O=C(NCCCN1CCc2ccccc2C1)C1CC1c1ccco1. The van der Waals surface area contributed by atoms with Crippen LogP contribution in [0.2, 0.25) is 0 Å². The molecule has 2 heterocycles. The minimum atomic E-state index is 0.109. The molecule has 4 heteroatoms. The first-order chi connectivity index (χ1) is 11.8. The maximum Gasteiger partial charge on any atom is 0.223 e. The molecule has 1 aliphatic carbocycles. The molecule has 2 aliphatic rings. The number of rotatable bonds is 6. The van der Waals surface area contributed by atoms with Gasteiger partial charge >= 0.3 is 0 Å². The molecule has 0 radical (unpaired) electrons. The van der Waals surface area contributed by atoms with Crippen molar-refractivity contribution in [2.45, 2.75) is 31.7 Å². The third kappa shape index (κ3) is 3.39. The zero-order valence-electron chi connectivity index (χ0n) is 13.9. The van der Waals surface area contributed by atoms with Crippen molar-refractivity contribution in [1.29, 1.82) is 0 Å². The third-order valence-electron chi connectivity index (χ3n) is 5.20. The number of nitrogens with one attached hydrogen (secondary N) is 1. The van der Waals surface area contributed by atoms with Crippen molar-refractivity contribution in [2.75, 3.05) is 19.6 Å². The zero-order chi connectivity index (χ0) is 16.4. The topological polar surface area (TPSA) is 45.5 Å². The van der Waals surface area contributed by atoms with E-state index in [1.165, 1.54) is 11.1 Å². The molecular weight excluding hydrogens is 300 g/mol. The number of hydrogen-bond donors (Lipinski definition) is 1. The Bertz CT molecular complexity index is 695. The van der Waals surface area contributed by atoms with Crippen LogP contribution in [0.25, 0.3) is 0 Å². The summed E-state index contributed by atoms with van der Waals surface area (Å²) in [5.41, 5.74) is 2.94. The number of nitrogens with zero attached hydrogens (tertiary/aromatic N) is 1. The molecule has 4 rings (SSSR count). The van der Waals surface area contributed by atoms with E-state index in [-0.39, 0.29) is 11.8 Å². The van der Waals surface area contributed by atoms with Crippen LogP contribution in [0.15, 0.2) is 47.1 Å². The van der Waals surface area contributed by atoms with E-state index in [0.717, 1.165) is 51.2 Å². The van der Waals surface area contributed by atoms with E-state index in [9.17, 15) is 4.79 Å². The summed E-state index contributed by atoms with van der Waals surface area (Å²) in [6, 6.07) is 12.6. The molecule has 126 valence electrons. The number of carbonyl (C=O) groups is 1. The summed E-state index contributed by atoms with van der Waals surface area (Å²) in [6.07, 6.45) is 4.74. The van der Waals surface area contributed by atoms with Gasteiger partial charge in [-0.15, -0.1) is 0 Å².